The summed E-state index contributed by atoms with van der Waals surface area (Å²) in [4.78, 5) is 6.62. The van der Waals surface area contributed by atoms with Crippen LogP contribution in [0.2, 0.25) is 0 Å². The van der Waals surface area contributed by atoms with Crippen molar-refractivity contribution in [1.82, 2.24) is 10.3 Å². The third kappa shape index (κ3) is 4.58. The number of furan rings is 1. The summed E-state index contributed by atoms with van der Waals surface area (Å²) in [5.74, 6) is 1.91. The second kappa shape index (κ2) is 7.81. The molecule has 0 bridgehead atoms. The van der Waals surface area contributed by atoms with Gasteiger partial charge in [-0.1, -0.05) is 6.07 Å². The highest BCUT2D eigenvalue weighted by Crippen LogP contribution is 2.16. The van der Waals surface area contributed by atoms with Crippen molar-refractivity contribution in [2.45, 2.75) is 20.0 Å². The van der Waals surface area contributed by atoms with Gasteiger partial charge < -0.3 is 19.4 Å². The molecule has 0 saturated carbocycles. The maximum Gasteiger partial charge on any atom is 0.128 e. The van der Waals surface area contributed by atoms with Crippen LogP contribution in [0, 0.1) is 6.92 Å². The van der Waals surface area contributed by atoms with Crippen LogP contribution in [0.3, 0.4) is 0 Å². The van der Waals surface area contributed by atoms with E-state index in [9.17, 15) is 0 Å². The number of pyridine rings is 1. The van der Waals surface area contributed by atoms with Crippen molar-refractivity contribution in [1.29, 1.82) is 0 Å². The Kier molecular flexibility index (Phi) is 5.78. The molecule has 0 amide bonds. The first kappa shape index (κ1) is 15.5. The summed E-state index contributed by atoms with van der Waals surface area (Å²) in [6, 6.07) is 6.14. The lowest BCUT2D eigenvalue weighted by Crippen LogP contribution is -2.20. The van der Waals surface area contributed by atoms with Gasteiger partial charge in [-0.15, -0.1) is 0 Å². The van der Waals surface area contributed by atoms with Crippen molar-refractivity contribution in [2.24, 2.45) is 0 Å². The fraction of sp³-hybridized carbons (Fsp3) is 0.438. The van der Waals surface area contributed by atoms with Gasteiger partial charge in [-0.2, -0.15) is 0 Å². The molecule has 0 aliphatic heterocycles. The van der Waals surface area contributed by atoms with Gasteiger partial charge in [-0.25, -0.2) is 4.98 Å². The van der Waals surface area contributed by atoms with E-state index in [4.69, 9.17) is 9.15 Å². The smallest absolute Gasteiger partial charge is 0.128 e. The molecule has 0 atom stereocenters. The fourth-order valence-corrected chi connectivity index (χ4v) is 2.07. The molecule has 0 radical (unpaired) electrons. The molecule has 2 aromatic heterocycles. The first-order valence-electron chi connectivity index (χ1n) is 7.09. The molecule has 2 heterocycles. The minimum absolute atomic E-state index is 0.721. The fourth-order valence-electron chi connectivity index (χ4n) is 2.07. The van der Waals surface area contributed by atoms with E-state index in [1.807, 2.05) is 32.3 Å². The molecule has 5 heteroatoms. The predicted octanol–water partition coefficient (Wildman–Crippen LogP) is 2.36. The van der Waals surface area contributed by atoms with Gasteiger partial charge >= 0.3 is 0 Å². The number of ether oxygens (including phenoxy) is 1. The molecule has 0 saturated heterocycles. The van der Waals surface area contributed by atoms with Gasteiger partial charge in [0.05, 0.1) is 12.9 Å². The van der Waals surface area contributed by atoms with Gasteiger partial charge in [0.25, 0.3) is 0 Å². The van der Waals surface area contributed by atoms with Crippen LogP contribution in [0.25, 0.3) is 0 Å². The summed E-state index contributed by atoms with van der Waals surface area (Å²) in [5.41, 5.74) is 2.35. The zero-order valence-electron chi connectivity index (χ0n) is 12.9. The maximum absolute atomic E-state index is 5.32. The van der Waals surface area contributed by atoms with Crippen LogP contribution >= 0.6 is 0 Å². The Hall–Kier alpha value is -1.85. The molecule has 0 aliphatic carbocycles. The number of hydrogen-bond acceptors (Lipinski definition) is 5. The summed E-state index contributed by atoms with van der Waals surface area (Å²) in [5, 5.41) is 3.30. The molecule has 2 rings (SSSR count). The molecular formula is C16H23N3O2. The molecule has 1 N–H and O–H groups in total. The zero-order chi connectivity index (χ0) is 15.1. The van der Waals surface area contributed by atoms with Crippen molar-refractivity contribution in [3.8, 4) is 0 Å². The van der Waals surface area contributed by atoms with Crippen LogP contribution in [-0.4, -0.2) is 32.3 Å². The average molecular weight is 289 g/mol. The number of aromatic nitrogens is 1. The third-order valence-electron chi connectivity index (χ3n) is 3.39. The first-order chi connectivity index (χ1) is 10.2. The van der Waals surface area contributed by atoms with Crippen molar-refractivity contribution < 1.29 is 9.15 Å². The zero-order valence-corrected chi connectivity index (χ0v) is 12.9. The van der Waals surface area contributed by atoms with Gasteiger partial charge in [-0.05, 0) is 24.6 Å². The summed E-state index contributed by atoms with van der Waals surface area (Å²) in [6.45, 7) is 5.14. The first-order valence-corrected chi connectivity index (χ1v) is 7.09. The molecular weight excluding hydrogens is 266 g/mol. The SMILES string of the molecule is COCCNCc1ccc(N(C)Cc2ccoc2C)nc1. The van der Waals surface area contributed by atoms with Gasteiger partial charge in [-0.3, -0.25) is 0 Å². The highest BCUT2D eigenvalue weighted by molar-refractivity contribution is 5.39. The van der Waals surface area contributed by atoms with Crippen molar-refractivity contribution in [3.63, 3.8) is 0 Å². The summed E-state index contributed by atoms with van der Waals surface area (Å²) in [6.07, 6.45) is 3.63. The predicted molar refractivity (Wildman–Crippen MR) is 83.4 cm³/mol. The van der Waals surface area contributed by atoms with Crippen LogP contribution < -0.4 is 10.2 Å². The molecule has 21 heavy (non-hydrogen) atoms. The van der Waals surface area contributed by atoms with Gasteiger partial charge in [0.15, 0.2) is 0 Å². The van der Waals surface area contributed by atoms with E-state index < -0.39 is 0 Å². The lowest BCUT2D eigenvalue weighted by Gasteiger charge is -2.18. The highest BCUT2D eigenvalue weighted by atomic mass is 16.5. The van der Waals surface area contributed by atoms with E-state index in [1.54, 1.807) is 13.4 Å². The number of anilines is 1. The Morgan fingerprint density at radius 1 is 1.33 bits per heavy atom. The van der Waals surface area contributed by atoms with Gasteiger partial charge in [0, 0.05) is 45.6 Å². The van der Waals surface area contributed by atoms with Crippen molar-refractivity contribution in [2.75, 3.05) is 32.2 Å². The minimum atomic E-state index is 0.721. The monoisotopic (exact) mass is 289 g/mol. The van der Waals surface area contributed by atoms with Gasteiger partial charge in [0.2, 0.25) is 0 Å². The van der Waals surface area contributed by atoms with E-state index >= 15 is 0 Å². The number of aryl methyl sites for hydroxylation is 1. The van der Waals surface area contributed by atoms with E-state index in [0.717, 1.165) is 37.8 Å². The van der Waals surface area contributed by atoms with Crippen LogP contribution in [0.1, 0.15) is 16.9 Å². The minimum Gasteiger partial charge on any atom is -0.469 e. The molecule has 0 spiro atoms. The van der Waals surface area contributed by atoms with E-state index in [1.165, 1.54) is 11.1 Å². The topological polar surface area (TPSA) is 50.5 Å². The number of rotatable bonds is 8. The molecule has 0 fully saturated rings. The molecule has 5 nitrogen and oxygen atoms in total. The standard InChI is InChI=1S/C16H23N3O2/c1-13-15(6-8-21-13)12-19(2)16-5-4-14(11-18-16)10-17-7-9-20-3/h4-6,8,11,17H,7,9-10,12H2,1-3H3. The summed E-state index contributed by atoms with van der Waals surface area (Å²) < 4.78 is 10.3. The number of nitrogens with zero attached hydrogens (tertiary/aromatic N) is 2. The molecule has 0 aliphatic rings. The lowest BCUT2D eigenvalue weighted by atomic mass is 10.2. The largest absolute Gasteiger partial charge is 0.469 e. The number of methoxy groups -OCH3 is 1. The molecule has 114 valence electrons. The summed E-state index contributed by atoms with van der Waals surface area (Å²) in [7, 11) is 3.74. The van der Waals surface area contributed by atoms with Crippen LogP contribution in [0.5, 0.6) is 0 Å². The Morgan fingerprint density at radius 3 is 2.81 bits per heavy atom. The van der Waals surface area contributed by atoms with Crippen LogP contribution in [-0.2, 0) is 17.8 Å². The number of hydrogen-bond donors (Lipinski definition) is 1. The normalized spacial score (nSPS) is 10.8. The Bertz CT molecular complexity index is 537. The summed E-state index contributed by atoms with van der Waals surface area (Å²) >= 11 is 0. The lowest BCUT2D eigenvalue weighted by molar-refractivity contribution is 0.199. The van der Waals surface area contributed by atoms with E-state index in [2.05, 4.69) is 21.3 Å². The van der Waals surface area contributed by atoms with Gasteiger partial charge in [0.1, 0.15) is 11.6 Å². The highest BCUT2D eigenvalue weighted by Gasteiger charge is 2.07. The maximum atomic E-state index is 5.32. The van der Waals surface area contributed by atoms with Crippen LogP contribution in [0.15, 0.2) is 35.1 Å². The van der Waals surface area contributed by atoms with Crippen molar-refractivity contribution >= 4 is 5.82 Å². The Morgan fingerprint density at radius 2 is 2.19 bits per heavy atom. The van der Waals surface area contributed by atoms with E-state index in [-0.39, 0.29) is 0 Å². The second-order valence-corrected chi connectivity index (χ2v) is 5.05. The third-order valence-corrected chi connectivity index (χ3v) is 3.39. The molecule has 0 unspecified atom stereocenters. The van der Waals surface area contributed by atoms with Crippen LogP contribution in [0.4, 0.5) is 5.82 Å². The molecule has 0 aromatic carbocycles. The Labute approximate surface area is 125 Å². The average Bonchev–Trinajstić information content (AvgIpc) is 2.89. The Balaban J connectivity index is 1.87. The second-order valence-electron chi connectivity index (χ2n) is 5.05. The quantitative estimate of drug-likeness (QED) is 0.756. The molecule has 2 aromatic rings. The van der Waals surface area contributed by atoms with Crippen molar-refractivity contribution in [3.05, 3.63) is 47.5 Å². The van der Waals surface area contributed by atoms with E-state index in [0.29, 0.717) is 0 Å². The number of nitrogens with one attached hydrogen (secondary N) is 1.